The molecule has 96 valence electrons. The molecule has 5 heteroatoms. The largest absolute Gasteiger partial charge is 0.375 e. The van der Waals surface area contributed by atoms with Crippen LogP contribution in [0.4, 0.5) is 5.13 Å². The fourth-order valence-electron chi connectivity index (χ4n) is 2.43. The maximum atomic E-state index is 5.66. The van der Waals surface area contributed by atoms with E-state index in [1.807, 2.05) is 6.20 Å². The van der Waals surface area contributed by atoms with E-state index in [4.69, 9.17) is 5.73 Å². The molecule has 2 heterocycles. The van der Waals surface area contributed by atoms with Crippen molar-refractivity contribution >= 4 is 28.9 Å². The van der Waals surface area contributed by atoms with Crippen molar-refractivity contribution in [2.75, 3.05) is 5.73 Å². The van der Waals surface area contributed by atoms with Gasteiger partial charge in [-0.1, -0.05) is 24.3 Å². The summed E-state index contributed by atoms with van der Waals surface area (Å²) in [4.78, 5) is 7.80. The molecular formula is C13H16ClN3S. The molecule has 2 N–H and O–H groups in total. The van der Waals surface area contributed by atoms with Gasteiger partial charge < -0.3 is 5.73 Å². The van der Waals surface area contributed by atoms with Crippen LogP contribution < -0.4 is 5.73 Å². The number of halogens is 1. The van der Waals surface area contributed by atoms with E-state index in [0.29, 0.717) is 11.2 Å². The highest BCUT2D eigenvalue weighted by Gasteiger charge is 2.26. The minimum atomic E-state index is 0. The number of thiazole rings is 1. The lowest BCUT2D eigenvalue weighted by Gasteiger charge is -2.20. The van der Waals surface area contributed by atoms with Gasteiger partial charge >= 0.3 is 0 Å². The van der Waals surface area contributed by atoms with E-state index in [1.165, 1.54) is 16.0 Å². The van der Waals surface area contributed by atoms with Gasteiger partial charge in [0.15, 0.2) is 5.13 Å². The molecule has 1 aromatic carbocycles. The quantitative estimate of drug-likeness (QED) is 0.919. The number of fused-ring (bicyclic) bond motifs is 1. The van der Waals surface area contributed by atoms with Gasteiger partial charge in [-0.25, -0.2) is 4.98 Å². The summed E-state index contributed by atoms with van der Waals surface area (Å²) in [7, 11) is 0. The molecule has 0 spiro atoms. The lowest BCUT2D eigenvalue weighted by Crippen LogP contribution is -2.18. The molecule has 1 aliphatic rings. The second-order valence-electron chi connectivity index (χ2n) is 4.44. The molecule has 0 saturated heterocycles. The van der Waals surface area contributed by atoms with E-state index in [2.05, 4.69) is 41.1 Å². The summed E-state index contributed by atoms with van der Waals surface area (Å²) in [6.07, 6.45) is 1.88. The van der Waals surface area contributed by atoms with E-state index in [0.717, 1.165) is 13.1 Å². The molecule has 0 saturated carbocycles. The van der Waals surface area contributed by atoms with Crippen molar-refractivity contribution in [2.24, 2.45) is 0 Å². The molecule has 2 aromatic rings. The van der Waals surface area contributed by atoms with Crippen molar-refractivity contribution < 1.29 is 0 Å². The summed E-state index contributed by atoms with van der Waals surface area (Å²) < 4.78 is 0. The molecular weight excluding hydrogens is 266 g/mol. The highest BCUT2D eigenvalue weighted by molar-refractivity contribution is 7.15. The molecule has 18 heavy (non-hydrogen) atoms. The number of benzene rings is 1. The van der Waals surface area contributed by atoms with Crippen LogP contribution in [-0.2, 0) is 13.1 Å². The first-order chi connectivity index (χ1) is 8.24. The van der Waals surface area contributed by atoms with Gasteiger partial charge in [0.05, 0.1) is 0 Å². The summed E-state index contributed by atoms with van der Waals surface area (Å²) in [5, 5.41) is 0.657. The second kappa shape index (κ2) is 5.26. The molecule has 3 rings (SSSR count). The molecule has 0 radical (unpaired) electrons. The Morgan fingerprint density at radius 3 is 2.89 bits per heavy atom. The number of anilines is 1. The van der Waals surface area contributed by atoms with E-state index < -0.39 is 0 Å². The van der Waals surface area contributed by atoms with Gasteiger partial charge in [-0.2, -0.15) is 0 Å². The highest BCUT2D eigenvalue weighted by Crippen LogP contribution is 2.34. The summed E-state index contributed by atoms with van der Waals surface area (Å²) >= 11 is 1.58. The Bertz CT molecular complexity index is 541. The van der Waals surface area contributed by atoms with Crippen molar-refractivity contribution in [1.82, 2.24) is 9.88 Å². The smallest absolute Gasteiger partial charge is 0.180 e. The Balaban J connectivity index is 0.00000120. The number of nitrogen functional groups attached to an aromatic ring is 1. The Kier molecular flexibility index (Phi) is 3.90. The molecule has 1 aromatic heterocycles. The number of aromatic nitrogens is 1. The number of nitrogens with two attached hydrogens (primary N) is 1. The summed E-state index contributed by atoms with van der Waals surface area (Å²) in [6.45, 7) is 4.22. The maximum Gasteiger partial charge on any atom is 0.180 e. The van der Waals surface area contributed by atoms with Crippen molar-refractivity contribution in [1.29, 1.82) is 0 Å². The third kappa shape index (κ3) is 2.36. The Labute approximate surface area is 117 Å². The Morgan fingerprint density at radius 2 is 2.22 bits per heavy atom. The average molecular weight is 282 g/mol. The molecule has 0 amide bonds. The zero-order valence-corrected chi connectivity index (χ0v) is 11.8. The van der Waals surface area contributed by atoms with Crippen LogP contribution in [0.5, 0.6) is 0 Å². The van der Waals surface area contributed by atoms with Gasteiger partial charge in [-0.15, -0.1) is 23.7 Å². The molecule has 0 aliphatic carbocycles. The van der Waals surface area contributed by atoms with Gasteiger partial charge in [-0.05, 0) is 18.1 Å². The molecule has 0 bridgehead atoms. The second-order valence-corrected chi connectivity index (χ2v) is 5.59. The lowest BCUT2D eigenvalue weighted by molar-refractivity contribution is 0.222. The van der Waals surface area contributed by atoms with Gasteiger partial charge in [-0.3, -0.25) is 4.90 Å². The van der Waals surface area contributed by atoms with Crippen molar-refractivity contribution in [3.05, 3.63) is 46.5 Å². The predicted molar refractivity (Wildman–Crippen MR) is 77.9 cm³/mol. The normalized spacial score (nSPS) is 18.4. The van der Waals surface area contributed by atoms with E-state index in [1.54, 1.807) is 11.3 Å². The fourth-order valence-corrected chi connectivity index (χ4v) is 3.14. The predicted octanol–water partition coefficient (Wildman–Crippen LogP) is 3.22. The average Bonchev–Trinajstić information content (AvgIpc) is 2.86. The van der Waals surface area contributed by atoms with Crippen LogP contribution >= 0.6 is 23.7 Å². The van der Waals surface area contributed by atoms with Crippen LogP contribution in [0.3, 0.4) is 0 Å². The van der Waals surface area contributed by atoms with Crippen LogP contribution in [0, 0.1) is 0 Å². The van der Waals surface area contributed by atoms with Crippen LogP contribution in [0.25, 0.3) is 0 Å². The van der Waals surface area contributed by atoms with Crippen molar-refractivity contribution in [2.45, 2.75) is 26.1 Å². The minimum absolute atomic E-state index is 0. The SMILES string of the molecule is CC1c2ccccc2CN1Cc1cnc(N)s1.Cl. The summed E-state index contributed by atoms with van der Waals surface area (Å²) in [5.74, 6) is 0. The number of nitrogens with zero attached hydrogens (tertiary/aromatic N) is 2. The third-order valence-corrected chi connectivity index (χ3v) is 4.17. The van der Waals surface area contributed by atoms with Crippen LogP contribution in [-0.4, -0.2) is 9.88 Å². The molecule has 3 nitrogen and oxygen atoms in total. The number of hydrogen-bond acceptors (Lipinski definition) is 4. The van der Waals surface area contributed by atoms with Crippen LogP contribution in [0.15, 0.2) is 30.5 Å². The Morgan fingerprint density at radius 1 is 1.44 bits per heavy atom. The van der Waals surface area contributed by atoms with Gasteiger partial charge in [0, 0.05) is 30.2 Å². The van der Waals surface area contributed by atoms with E-state index in [-0.39, 0.29) is 12.4 Å². The van der Waals surface area contributed by atoms with Gasteiger partial charge in [0.25, 0.3) is 0 Å². The van der Waals surface area contributed by atoms with Crippen LogP contribution in [0.1, 0.15) is 29.0 Å². The van der Waals surface area contributed by atoms with Gasteiger partial charge in [0.2, 0.25) is 0 Å². The zero-order chi connectivity index (χ0) is 11.8. The zero-order valence-electron chi connectivity index (χ0n) is 10.2. The first-order valence-corrected chi connectivity index (χ1v) is 6.58. The molecule has 1 aliphatic heterocycles. The maximum absolute atomic E-state index is 5.66. The molecule has 0 fully saturated rings. The third-order valence-electron chi connectivity index (χ3n) is 3.36. The highest BCUT2D eigenvalue weighted by atomic mass is 35.5. The number of rotatable bonds is 2. The summed E-state index contributed by atoms with van der Waals surface area (Å²) in [5.41, 5.74) is 8.55. The minimum Gasteiger partial charge on any atom is -0.375 e. The topological polar surface area (TPSA) is 42.2 Å². The van der Waals surface area contributed by atoms with Crippen molar-refractivity contribution in [3.8, 4) is 0 Å². The summed E-state index contributed by atoms with van der Waals surface area (Å²) in [6, 6.07) is 9.14. The molecule has 1 atom stereocenters. The molecule has 1 unspecified atom stereocenters. The standard InChI is InChI=1S/C13H15N3S.ClH/c1-9-12-5-3-2-4-10(12)7-16(9)8-11-6-15-13(14)17-11;/h2-6,9H,7-8H2,1H3,(H2,14,15);1H. The first-order valence-electron chi connectivity index (χ1n) is 5.76. The van der Waals surface area contributed by atoms with Crippen LogP contribution in [0.2, 0.25) is 0 Å². The fraction of sp³-hybridized carbons (Fsp3) is 0.308. The van der Waals surface area contributed by atoms with Gasteiger partial charge in [0.1, 0.15) is 0 Å². The Hall–Kier alpha value is -1.10. The number of hydrogen-bond donors (Lipinski definition) is 1. The van der Waals surface area contributed by atoms with E-state index >= 15 is 0 Å². The van der Waals surface area contributed by atoms with Crippen molar-refractivity contribution in [3.63, 3.8) is 0 Å². The lowest BCUT2D eigenvalue weighted by atomic mass is 10.1. The first kappa shape index (κ1) is 13.3. The monoisotopic (exact) mass is 281 g/mol. The van der Waals surface area contributed by atoms with E-state index in [9.17, 15) is 0 Å².